The quantitative estimate of drug-likeness (QED) is 0.791. The van der Waals surface area contributed by atoms with Crippen LogP contribution in [0.2, 0.25) is 0 Å². The number of carbonyl (C=O) groups excluding carboxylic acids is 1. The minimum absolute atomic E-state index is 0.263. The molecule has 0 aliphatic heterocycles. The number of hydrogen-bond donors (Lipinski definition) is 1. The Hall–Kier alpha value is -1.88. The SMILES string of the molecule is CCOC(=O)c1ncsc1NC(C)CCc1ccccc1. The summed E-state index contributed by atoms with van der Waals surface area (Å²) in [5.74, 6) is -0.364. The Kier molecular flexibility index (Phi) is 5.75. The second-order valence-electron chi connectivity index (χ2n) is 4.82. The number of thiazole rings is 1. The van der Waals surface area contributed by atoms with E-state index < -0.39 is 0 Å². The molecule has 112 valence electrons. The van der Waals surface area contributed by atoms with Gasteiger partial charge in [-0.3, -0.25) is 0 Å². The largest absolute Gasteiger partial charge is 0.461 e. The minimum atomic E-state index is -0.364. The van der Waals surface area contributed by atoms with E-state index >= 15 is 0 Å². The van der Waals surface area contributed by atoms with Gasteiger partial charge in [0.1, 0.15) is 5.00 Å². The van der Waals surface area contributed by atoms with E-state index in [-0.39, 0.29) is 12.0 Å². The first-order chi connectivity index (χ1) is 10.2. The second-order valence-corrected chi connectivity index (χ2v) is 5.67. The lowest BCUT2D eigenvalue weighted by Gasteiger charge is -2.14. The molecule has 0 bridgehead atoms. The van der Waals surface area contributed by atoms with Crippen molar-refractivity contribution in [3.05, 3.63) is 47.1 Å². The number of hydrogen-bond acceptors (Lipinski definition) is 5. The zero-order chi connectivity index (χ0) is 15.1. The zero-order valence-electron chi connectivity index (χ0n) is 12.3. The molecule has 0 spiro atoms. The Morgan fingerprint density at radius 2 is 2.14 bits per heavy atom. The zero-order valence-corrected chi connectivity index (χ0v) is 13.2. The normalized spacial score (nSPS) is 11.9. The van der Waals surface area contributed by atoms with Crippen LogP contribution >= 0.6 is 11.3 Å². The van der Waals surface area contributed by atoms with Gasteiger partial charge in [-0.25, -0.2) is 9.78 Å². The van der Waals surface area contributed by atoms with Crippen molar-refractivity contribution in [1.29, 1.82) is 0 Å². The fourth-order valence-electron chi connectivity index (χ4n) is 2.02. The van der Waals surface area contributed by atoms with E-state index in [2.05, 4.69) is 41.5 Å². The first-order valence-corrected chi connectivity index (χ1v) is 7.99. The van der Waals surface area contributed by atoms with Gasteiger partial charge in [0, 0.05) is 6.04 Å². The summed E-state index contributed by atoms with van der Waals surface area (Å²) in [6.07, 6.45) is 1.99. The number of rotatable bonds is 7. The molecule has 1 unspecified atom stereocenters. The van der Waals surface area contributed by atoms with Crippen LogP contribution in [0.15, 0.2) is 35.8 Å². The van der Waals surface area contributed by atoms with Gasteiger partial charge in [0.25, 0.3) is 0 Å². The van der Waals surface area contributed by atoms with Crippen LogP contribution in [0.3, 0.4) is 0 Å². The number of nitrogens with one attached hydrogen (secondary N) is 1. The highest BCUT2D eigenvalue weighted by molar-refractivity contribution is 7.14. The summed E-state index contributed by atoms with van der Waals surface area (Å²) < 4.78 is 5.00. The summed E-state index contributed by atoms with van der Waals surface area (Å²) in [6.45, 7) is 4.26. The third-order valence-corrected chi connectivity index (χ3v) is 3.88. The molecule has 0 aliphatic rings. The van der Waals surface area contributed by atoms with Crippen molar-refractivity contribution in [1.82, 2.24) is 4.98 Å². The fraction of sp³-hybridized carbons (Fsp3) is 0.375. The summed E-state index contributed by atoms with van der Waals surface area (Å²) in [7, 11) is 0. The van der Waals surface area contributed by atoms with Gasteiger partial charge in [-0.05, 0) is 32.3 Å². The summed E-state index contributed by atoms with van der Waals surface area (Å²) in [4.78, 5) is 15.9. The summed E-state index contributed by atoms with van der Waals surface area (Å²) in [5.41, 5.74) is 3.37. The molecule has 1 aromatic heterocycles. The van der Waals surface area contributed by atoms with Crippen LogP contribution in [0.25, 0.3) is 0 Å². The van der Waals surface area contributed by atoms with E-state index in [4.69, 9.17) is 4.74 Å². The lowest BCUT2D eigenvalue weighted by molar-refractivity contribution is 0.0521. The van der Waals surface area contributed by atoms with Crippen LogP contribution in [0, 0.1) is 0 Å². The molecule has 5 heteroatoms. The van der Waals surface area contributed by atoms with Crippen LogP contribution in [0.1, 0.15) is 36.3 Å². The van der Waals surface area contributed by atoms with Crippen LogP contribution in [0.4, 0.5) is 5.00 Å². The lowest BCUT2D eigenvalue weighted by atomic mass is 10.1. The van der Waals surface area contributed by atoms with Crippen molar-refractivity contribution in [2.75, 3.05) is 11.9 Å². The van der Waals surface area contributed by atoms with Gasteiger partial charge in [0.05, 0.1) is 12.1 Å². The fourth-order valence-corrected chi connectivity index (χ4v) is 2.80. The predicted molar refractivity (Wildman–Crippen MR) is 85.9 cm³/mol. The average molecular weight is 304 g/mol. The van der Waals surface area contributed by atoms with Crippen LogP contribution in [-0.2, 0) is 11.2 Å². The van der Waals surface area contributed by atoms with E-state index in [1.54, 1.807) is 12.4 Å². The van der Waals surface area contributed by atoms with Gasteiger partial charge in [-0.15, -0.1) is 11.3 Å². The summed E-state index contributed by atoms with van der Waals surface area (Å²) in [6, 6.07) is 10.6. The highest BCUT2D eigenvalue weighted by atomic mass is 32.1. The Balaban J connectivity index is 1.89. The number of nitrogens with zero attached hydrogens (tertiary/aromatic N) is 1. The molecule has 1 heterocycles. The topological polar surface area (TPSA) is 51.2 Å². The monoisotopic (exact) mass is 304 g/mol. The molecule has 2 rings (SSSR count). The number of aromatic nitrogens is 1. The number of benzene rings is 1. The molecule has 0 amide bonds. The van der Waals surface area contributed by atoms with Gasteiger partial charge >= 0.3 is 5.97 Å². The van der Waals surface area contributed by atoms with Crippen molar-refractivity contribution in [2.45, 2.75) is 32.7 Å². The Labute approximate surface area is 129 Å². The smallest absolute Gasteiger partial charge is 0.360 e. The first kappa shape index (κ1) is 15.5. The van der Waals surface area contributed by atoms with Gasteiger partial charge in [-0.1, -0.05) is 30.3 Å². The van der Waals surface area contributed by atoms with Crippen molar-refractivity contribution in [2.24, 2.45) is 0 Å². The number of carbonyl (C=O) groups is 1. The predicted octanol–water partition coefficient (Wildman–Crippen LogP) is 3.75. The summed E-state index contributed by atoms with van der Waals surface area (Å²) >= 11 is 1.43. The molecule has 21 heavy (non-hydrogen) atoms. The maximum atomic E-state index is 11.8. The van der Waals surface area contributed by atoms with Gasteiger partial charge in [0.15, 0.2) is 5.69 Å². The molecule has 0 radical (unpaired) electrons. The van der Waals surface area contributed by atoms with Crippen molar-refractivity contribution < 1.29 is 9.53 Å². The molecular weight excluding hydrogens is 284 g/mol. The van der Waals surface area contributed by atoms with E-state index in [9.17, 15) is 4.79 Å². The standard InChI is InChI=1S/C16H20N2O2S/c1-3-20-16(19)14-15(21-11-17-14)18-12(2)9-10-13-7-5-4-6-8-13/h4-8,11-12,18H,3,9-10H2,1-2H3. The average Bonchev–Trinajstić information content (AvgIpc) is 2.95. The Morgan fingerprint density at radius 1 is 1.38 bits per heavy atom. The van der Waals surface area contributed by atoms with Crippen LogP contribution in [0.5, 0.6) is 0 Å². The molecule has 1 N–H and O–H groups in total. The second kappa shape index (κ2) is 7.78. The van der Waals surface area contributed by atoms with Crippen molar-refractivity contribution in [3.8, 4) is 0 Å². The van der Waals surface area contributed by atoms with Gasteiger partial charge in [0.2, 0.25) is 0 Å². The first-order valence-electron chi connectivity index (χ1n) is 7.11. The van der Waals surface area contributed by atoms with Gasteiger partial charge < -0.3 is 10.1 Å². The number of ether oxygens (including phenoxy) is 1. The molecule has 2 aromatic rings. The highest BCUT2D eigenvalue weighted by Gasteiger charge is 2.17. The van der Waals surface area contributed by atoms with E-state index in [1.807, 2.05) is 6.07 Å². The Morgan fingerprint density at radius 3 is 2.86 bits per heavy atom. The van der Waals surface area contributed by atoms with Crippen LogP contribution in [-0.4, -0.2) is 23.6 Å². The van der Waals surface area contributed by atoms with E-state index in [1.165, 1.54) is 16.9 Å². The Bertz CT molecular complexity index is 569. The van der Waals surface area contributed by atoms with E-state index in [0.29, 0.717) is 12.3 Å². The van der Waals surface area contributed by atoms with E-state index in [0.717, 1.165) is 17.8 Å². The molecule has 0 fully saturated rings. The molecule has 0 saturated carbocycles. The molecular formula is C16H20N2O2S. The number of anilines is 1. The van der Waals surface area contributed by atoms with Crippen molar-refractivity contribution >= 4 is 22.3 Å². The molecule has 0 saturated heterocycles. The maximum Gasteiger partial charge on any atom is 0.360 e. The highest BCUT2D eigenvalue weighted by Crippen LogP contribution is 2.22. The maximum absolute atomic E-state index is 11.8. The minimum Gasteiger partial charge on any atom is -0.461 e. The molecule has 1 atom stereocenters. The third kappa shape index (κ3) is 4.56. The number of aryl methyl sites for hydroxylation is 1. The molecule has 4 nitrogen and oxygen atoms in total. The lowest BCUT2D eigenvalue weighted by Crippen LogP contribution is -2.18. The van der Waals surface area contributed by atoms with Gasteiger partial charge in [-0.2, -0.15) is 0 Å². The number of esters is 1. The van der Waals surface area contributed by atoms with Crippen molar-refractivity contribution in [3.63, 3.8) is 0 Å². The molecule has 0 aliphatic carbocycles. The summed E-state index contributed by atoms with van der Waals surface area (Å²) in [5, 5.41) is 4.14. The van der Waals surface area contributed by atoms with Crippen LogP contribution < -0.4 is 5.32 Å². The molecule has 1 aromatic carbocycles. The third-order valence-electron chi connectivity index (χ3n) is 3.12.